The van der Waals surface area contributed by atoms with Gasteiger partial charge in [0, 0.05) is 18.3 Å². The van der Waals surface area contributed by atoms with E-state index in [1.807, 2.05) is 0 Å². The number of carbonyl (C=O) groups is 1. The molecule has 1 aliphatic rings. The van der Waals surface area contributed by atoms with Crippen LogP contribution in [0.4, 0.5) is 0 Å². The zero-order valence-electron chi connectivity index (χ0n) is 12.3. The molecule has 1 aromatic rings. The highest BCUT2D eigenvalue weighted by Crippen LogP contribution is 2.38. The van der Waals surface area contributed by atoms with Crippen LogP contribution < -0.4 is 5.32 Å². The number of amides is 1. The third kappa shape index (κ3) is 4.34. The third-order valence-electron chi connectivity index (χ3n) is 4.37. The number of nitrogens with one attached hydrogen (secondary N) is 1. The van der Waals surface area contributed by atoms with Crippen molar-refractivity contribution in [1.29, 1.82) is 0 Å². The number of halogens is 1. The van der Waals surface area contributed by atoms with Gasteiger partial charge >= 0.3 is 0 Å². The van der Waals surface area contributed by atoms with Gasteiger partial charge in [0.1, 0.15) is 0 Å². The first kappa shape index (κ1) is 15.6. The molecular weight excluding hydrogens is 314 g/mol. The van der Waals surface area contributed by atoms with Gasteiger partial charge in [-0.15, -0.1) is 0 Å². The van der Waals surface area contributed by atoms with Crippen LogP contribution >= 0.6 is 15.9 Å². The van der Waals surface area contributed by atoms with Gasteiger partial charge in [-0.2, -0.15) is 0 Å². The number of hydrogen-bond donors (Lipinski definition) is 1. The van der Waals surface area contributed by atoms with E-state index in [1.54, 1.807) is 0 Å². The highest BCUT2D eigenvalue weighted by molar-refractivity contribution is 9.09. The maximum atomic E-state index is 12.0. The van der Waals surface area contributed by atoms with Crippen LogP contribution in [-0.4, -0.2) is 17.8 Å². The number of rotatable bonds is 6. The Kier molecular flexibility index (Phi) is 5.64. The minimum absolute atomic E-state index is 0.179. The molecule has 1 N–H and O–H groups in total. The number of hydrogen-bond acceptors (Lipinski definition) is 1. The van der Waals surface area contributed by atoms with Crippen molar-refractivity contribution in [2.75, 3.05) is 11.9 Å². The molecule has 0 saturated heterocycles. The summed E-state index contributed by atoms with van der Waals surface area (Å²) < 4.78 is 0. The van der Waals surface area contributed by atoms with Crippen molar-refractivity contribution in [2.45, 2.75) is 45.4 Å². The molecule has 1 saturated carbocycles. The molecule has 110 valence electrons. The Morgan fingerprint density at radius 2 is 1.90 bits per heavy atom. The molecular formula is C17H24BrNO. The van der Waals surface area contributed by atoms with Crippen LogP contribution in [0.2, 0.25) is 0 Å². The van der Waals surface area contributed by atoms with Gasteiger partial charge in [-0.05, 0) is 37.2 Å². The Morgan fingerprint density at radius 3 is 2.50 bits per heavy atom. The predicted molar refractivity (Wildman–Crippen MR) is 87.2 cm³/mol. The standard InChI is InChI=1S/C17H24BrNO/c1-14-4-6-15(7-5-14)8-9-16(20)19-13-17(12-18)10-2-3-11-17/h4-7H,2-3,8-13H2,1H3,(H,19,20). The van der Waals surface area contributed by atoms with Crippen molar-refractivity contribution < 1.29 is 4.79 Å². The molecule has 0 radical (unpaired) electrons. The van der Waals surface area contributed by atoms with E-state index in [-0.39, 0.29) is 5.91 Å². The van der Waals surface area contributed by atoms with Gasteiger partial charge in [0.2, 0.25) is 5.91 Å². The zero-order valence-corrected chi connectivity index (χ0v) is 13.8. The lowest BCUT2D eigenvalue weighted by atomic mass is 9.89. The molecule has 2 rings (SSSR count). The molecule has 1 fully saturated rings. The molecule has 0 atom stereocenters. The second-order valence-corrected chi connectivity index (χ2v) is 6.66. The Balaban J connectivity index is 1.74. The maximum absolute atomic E-state index is 12.0. The first-order chi connectivity index (χ1) is 9.63. The average Bonchev–Trinajstić information content (AvgIpc) is 2.94. The van der Waals surface area contributed by atoms with E-state index < -0.39 is 0 Å². The van der Waals surface area contributed by atoms with Gasteiger partial charge in [-0.3, -0.25) is 4.79 Å². The van der Waals surface area contributed by atoms with E-state index in [4.69, 9.17) is 0 Å². The van der Waals surface area contributed by atoms with Crippen LogP contribution in [0.5, 0.6) is 0 Å². The fraction of sp³-hybridized carbons (Fsp3) is 0.588. The minimum atomic E-state index is 0.179. The molecule has 2 nitrogen and oxygen atoms in total. The molecule has 1 amide bonds. The van der Waals surface area contributed by atoms with Gasteiger partial charge in [0.25, 0.3) is 0 Å². The number of benzene rings is 1. The molecule has 0 aromatic heterocycles. The lowest BCUT2D eigenvalue weighted by molar-refractivity contribution is -0.121. The number of carbonyl (C=O) groups excluding carboxylic acids is 1. The Labute approximate surface area is 130 Å². The number of aryl methyl sites for hydroxylation is 2. The van der Waals surface area contributed by atoms with E-state index in [2.05, 4.69) is 52.4 Å². The van der Waals surface area contributed by atoms with Crippen molar-refractivity contribution in [2.24, 2.45) is 5.41 Å². The second kappa shape index (κ2) is 7.26. The lowest BCUT2D eigenvalue weighted by Gasteiger charge is -2.26. The Morgan fingerprint density at radius 1 is 1.25 bits per heavy atom. The van der Waals surface area contributed by atoms with Crippen molar-refractivity contribution in [3.05, 3.63) is 35.4 Å². The van der Waals surface area contributed by atoms with Gasteiger partial charge in [-0.25, -0.2) is 0 Å². The number of alkyl halides is 1. The van der Waals surface area contributed by atoms with Crippen LogP contribution in [0.3, 0.4) is 0 Å². The van der Waals surface area contributed by atoms with Crippen LogP contribution in [0.15, 0.2) is 24.3 Å². The molecule has 0 heterocycles. The van der Waals surface area contributed by atoms with E-state index in [9.17, 15) is 4.79 Å². The van der Waals surface area contributed by atoms with Crippen molar-refractivity contribution in [3.8, 4) is 0 Å². The highest BCUT2D eigenvalue weighted by atomic mass is 79.9. The molecule has 3 heteroatoms. The molecule has 0 aliphatic heterocycles. The van der Waals surface area contributed by atoms with Gasteiger partial charge in [0.15, 0.2) is 0 Å². The largest absolute Gasteiger partial charge is 0.356 e. The summed E-state index contributed by atoms with van der Waals surface area (Å²) in [5.74, 6) is 0.179. The Hall–Kier alpha value is -0.830. The summed E-state index contributed by atoms with van der Waals surface area (Å²) in [6, 6.07) is 8.43. The van der Waals surface area contributed by atoms with Crippen molar-refractivity contribution in [3.63, 3.8) is 0 Å². The first-order valence-corrected chi connectivity index (χ1v) is 8.64. The molecule has 1 aromatic carbocycles. The summed E-state index contributed by atoms with van der Waals surface area (Å²) in [7, 11) is 0. The summed E-state index contributed by atoms with van der Waals surface area (Å²) >= 11 is 3.61. The summed E-state index contributed by atoms with van der Waals surface area (Å²) in [6.45, 7) is 2.91. The summed E-state index contributed by atoms with van der Waals surface area (Å²) in [6.07, 6.45) is 6.47. The topological polar surface area (TPSA) is 29.1 Å². The monoisotopic (exact) mass is 337 g/mol. The summed E-state index contributed by atoms with van der Waals surface area (Å²) in [5, 5.41) is 4.13. The fourth-order valence-electron chi connectivity index (χ4n) is 2.87. The van der Waals surface area contributed by atoms with E-state index in [0.29, 0.717) is 11.8 Å². The Bertz CT molecular complexity index is 435. The smallest absolute Gasteiger partial charge is 0.220 e. The van der Waals surface area contributed by atoms with Crippen LogP contribution in [0, 0.1) is 12.3 Å². The van der Waals surface area contributed by atoms with E-state index >= 15 is 0 Å². The van der Waals surface area contributed by atoms with Crippen molar-refractivity contribution >= 4 is 21.8 Å². The van der Waals surface area contributed by atoms with E-state index in [0.717, 1.165) is 18.3 Å². The van der Waals surface area contributed by atoms with Crippen LogP contribution in [0.1, 0.15) is 43.2 Å². The van der Waals surface area contributed by atoms with Gasteiger partial charge < -0.3 is 5.32 Å². The first-order valence-electron chi connectivity index (χ1n) is 7.52. The SMILES string of the molecule is Cc1ccc(CCC(=O)NCC2(CBr)CCCC2)cc1. The fourth-order valence-corrected chi connectivity index (χ4v) is 3.63. The molecule has 20 heavy (non-hydrogen) atoms. The molecule has 0 bridgehead atoms. The third-order valence-corrected chi connectivity index (χ3v) is 5.56. The lowest BCUT2D eigenvalue weighted by Crippen LogP contribution is -2.37. The van der Waals surface area contributed by atoms with Gasteiger partial charge in [-0.1, -0.05) is 58.6 Å². The van der Waals surface area contributed by atoms with Crippen LogP contribution in [0.25, 0.3) is 0 Å². The quantitative estimate of drug-likeness (QED) is 0.781. The molecule has 0 spiro atoms. The van der Waals surface area contributed by atoms with Crippen molar-refractivity contribution in [1.82, 2.24) is 5.32 Å². The maximum Gasteiger partial charge on any atom is 0.220 e. The zero-order chi connectivity index (χ0) is 14.4. The molecule has 0 unspecified atom stereocenters. The minimum Gasteiger partial charge on any atom is -0.356 e. The summed E-state index contributed by atoms with van der Waals surface area (Å²) in [5.41, 5.74) is 2.81. The normalized spacial score (nSPS) is 17.1. The predicted octanol–water partition coefficient (Wildman–Crippen LogP) is 4.00. The van der Waals surface area contributed by atoms with Crippen LogP contribution in [-0.2, 0) is 11.2 Å². The second-order valence-electron chi connectivity index (χ2n) is 6.10. The molecule has 1 aliphatic carbocycles. The average molecular weight is 338 g/mol. The highest BCUT2D eigenvalue weighted by Gasteiger charge is 2.32. The van der Waals surface area contributed by atoms with E-state index in [1.165, 1.54) is 36.8 Å². The van der Waals surface area contributed by atoms with Gasteiger partial charge in [0.05, 0.1) is 0 Å². The summed E-state index contributed by atoms with van der Waals surface area (Å²) in [4.78, 5) is 12.0.